The molecule has 174 valence electrons. The lowest BCUT2D eigenvalue weighted by atomic mass is 9.97. The second-order valence-corrected chi connectivity index (χ2v) is 9.44. The molecule has 9 heteroatoms. The zero-order valence-corrected chi connectivity index (χ0v) is 19.2. The molecule has 3 rings (SSSR count). The van der Waals surface area contributed by atoms with Gasteiger partial charge >= 0.3 is 0 Å². The van der Waals surface area contributed by atoms with Crippen LogP contribution in [0.3, 0.4) is 0 Å². The minimum Gasteiger partial charge on any atom is -0.490 e. The molecule has 1 N–H and O–H groups in total. The molecule has 0 saturated carbocycles. The zero-order valence-electron chi connectivity index (χ0n) is 18.3. The van der Waals surface area contributed by atoms with E-state index in [2.05, 4.69) is 5.32 Å². The maximum absolute atomic E-state index is 13.1. The molecule has 2 aromatic carbocycles. The second-order valence-electron chi connectivity index (χ2n) is 7.50. The van der Waals surface area contributed by atoms with Gasteiger partial charge in [0.2, 0.25) is 15.9 Å². The molecule has 0 aromatic heterocycles. The number of hydrogen-bond donors (Lipinski definition) is 1. The molecule has 1 heterocycles. The van der Waals surface area contributed by atoms with Crippen molar-refractivity contribution in [2.45, 2.75) is 38.1 Å². The molecule has 0 aliphatic carbocycles. The molecule has 0 unspecified atom stereocenters. The smallest absolute Gasteiger partial charge is 0.243 e. The van der Waals surface area contributed by atoms with Gasteiger partial charge in [0.25, 0.3) is 0 Å². The van der Waals surface area contributed by atoms with Crippen LogP contribution in [0.4, 0.5) is 4.39 Å². The predicted octanol–water partition coefficient (Wildman–Crippen LogP) is 3.34. The van der Waals surface area contributed by atoms with Gasteiger partial charge in [-0.1, -0.05) is 6.07 Å². The van der Waals surface area contributed by atoms with Crippen LogP contribution in [0, 0.1) is 11.7 Å². The Morgan fingerprint density at radius 2 is 1.66 bits per heavy atom. The molecule has 0 bridgehead atoms. The Morgan fingerprint density at radius 3 is 2.28 bits per heavy atom. The molecule has 1 saturated heterocycles. The molecular weight excluding hydrogens is 435 g/mol. The van der Waals surface area contributed by atoms with Gasteiger partial charge in [0.1, 0.15) is 5.82 Å². The molecule has 2 aromatic rings. The van der Waals surface area contributed by atoms with E-state index in [1.54, 1.807) is 0 Å². The minimum atomic E-state index is -3.69. The molecule has 0 atom stereocenters. The van der Waals surface area contributed by atoms with Crippen LogP contribution in [0.2, 0.25) is 0 Å². The summed E-state index contributed by atoms with van der Waals surface area (Å²) >= 11 is 0. The van der Waals surface area contributed by atoms with Crippen LogP contribution in [0.5, 0.6) is 11.5 Å². The average molecular weight is 465 g/mol. The monoisotopic (exact) mass is 464 g/mol. The lowest BCUT2D eigenvalue weighted by molar-refractivity contribution is -0.126. The van der Waals surface area contributed by atoms with E-state index < -0.39 is 15.8 Å². The third-order valence-corrected chi connectivity index (χ3v) is 7.26. The Morgan fingerprint density at radius 1 is 1.03 bits per heavy atom. The quantitative estimate of drug-likeness (QED) is 0.615. The summed E-state index contributed by atoms with van der Waals surface area (Å²) in [4.78, 5) is 12.7. The summed E-state index contributed by atoms with van der Waals surface area (Å²) in [5.74, 6) is 0.458. The first-order chi connectivity index (χ1) is 15.3. The fourth-order valence-electron chi connectivity index (χ4n) is 3.65. The number of ether oxygens (including phenoxy) is 2. The van der Waals surface area contributed by atoms with E-state index in [0.717, 1.165) is 17.7 Å². The van der Waals surface area contributed by atoms with E-state index in [1.165, 1.54) is 16.4 Å². The van der Waals surface area contributed by atoms with Crippen LogP contribution in [-0.2, 0) is 21.4 Å². The van der Waals surface area contributed by atoms with Crippen molar-refractivity contribution in [2.24, 2.45) is 5.92 Å². The fourth-order valence-corrected chi connectivity index (χ4v) is 5.12. The molecule has 1 aliphatic heterocycles. The Kier molecular flexibility index (Phi) is 8.09. The number of carbonyl (C=O) groups is 1. The van der Waals surface area contributed by atoms with Crippen molar-refractivity contribution < 1.29 is 27.1 Å². The van der Waals surface area contributed by atoms with Crippen molar-refractivity contribution in [3.8, 4) is 11.5 Å². The van der Waals surface area contributed by atoms with Gasteiger partial charge in [-0.25, -0.2) is 12.8 Å². The van der Waals surface area contributed by atoms with Crippen molar-refractivity contribution >= 4 is 15.9 Å². The predicted molar refractivity (Wildman–Crippen MR) is 119 cm³/mol. The number of nitrogens with one attached hydrogen (secondary N) is 1. The normalized spacial score (nSPS) is 15.3. The van der Waals surface area contributed by atoms with Crippen molar-refractivity contribution in [3.63, 3.8) is 0 Å². The van der Waals surface area contributed by atoms with Crippen molar-refractivity contribution in [1.82, 2.24) is 9.62 Å². The van der Waals surface area contributed by atoms with Gasteiger partial charge in [-0.2, -0.15) is 4.31 Å². The molecule has 7 nitrogen and oxygen atoms in total. The largest absolute Gasteiger partial charge is 0.490 e. The molecule has 1 aliphatic rings. The Hall–Kier alpha value is -2.65. The van der Waals surface area contributed by atoms with Crippen LogP contribution in [0.25, 0.3) is 0 Å². The third kappa shape index (κ3) is 5.77. The molecule has 32 heavy (non-hydrogen) atoms. The van der Waals surface area contributed by atoms with Crippen LogP contribution in [0.15, 0.2) is 47.4 Å². The highest BCUT2D eigenvalue weighted by molar-refractivity contribution is 7.89. The van der Waals surface area contributed by atoms with Crippen LogP contribution in [0.1, 0.15) is 32.3 Å². The van der Waals surface area contributed by atoms with Crippen LogP contribution >= 0.6 is 0 Å². The Bertz CT molecular complexity index is 1020. The van der Waals surface area contributed by atoms with Gasteiger partial charge in [0.15, 0.2) is 11.5 Å². The minimum absolute atomic E-state index is 0.0578. The molecule has 0 radical (unpaired) electrons. The maximum Gasteiger partial charge on any atom is 0.243 e. The number of nitrogens with zero attached hydrogens (tertiary/aromatic N) is 1. The Labute approximate surface area is 188 Å². The number of benzene rings is 2. The standard InChI is InChI=1S/C23H29FN2O5S/c1-3-30-21-10-5-17(15-22(21)31-4-2)16-25-23(27)18-11-13-26(14-12-18)32(28,29)20-8-6-19(24)7-9-20/h5-10,15,18H,3-4,11-14,16H2,1-2H3,(H,25,27). The number of carbonyl (C=O) groups excluding carboxylic acids is 1. The van der Waals surface area contributed by atoms with Crippen molar-refractivity contribution in [2.75, 3.05) is 26.3 Å². The number of halogens is 1. The maximum atomic E-state index is 13.1. The molecular formula is C23H29FN2O5S. The first kappa shape index (κ1) is 24.0. The van der Waals surface area contributed by atoms with E-state index in [1.807, 2.05) is 32.0 Å². The summed E-state index contributed by atoms with van der Waals surface area (Å²) in [6.45, 7) is 5.68. The third-order valence-electron chi connectivity index (χ3n) is 5.35. The van der Waals surface area contributed by atoms with E-state index in [-0.39, 0.29) is 29.8 Å². The van der Waals surface area contributed by atoms with Gasteiger partial charge in [-0.3, -0.25) is 4.79 Å². The summed E-state index contributed by atoms with van der Waals surface area (Å²) in [5, 5.41) is 2.94. The lowest BCUT2D eigenvalue weighted by Crippen LogP contribution is -2.42. The topological polar surface area (TPSA) is 84.9 Å². The van der Waals surface area contributed by atoms with Gasteiger partial charge in [-0.05, 0) is 68.7 Å². The summed E-state index contributed by atoms with van der Waals surface area (Å²) in [7, 11) is -3.69. The summed E-state index contributed by atoms with van der Waals surface area (Å²) in [5.41, 5.74) is 0.890. The highest BCUT2D eigenvalue weighted by Crippen LogP contribution is 2.29. The molecule has 0 spiro atoms. The SMILES string of the molecule is CCOc1ccc(CNC(=O)C2CCN(S(=O)(=O)c3ccc(F)cc3)CC2)cc1OCC. The van der Waals surface area contributed by atoms with Crippen molar-refractivity contribution in [3.05, 3.63) is 53.8 Å². The summed E-state index contributed by atoms with van der Waals surface area (Å²) in [6, 6.07) is 10.3. The first-order valence-corrected chi connectivity index (χ1v) is 12.2. The number of rotatable bonds is 9. The first-order valence-electron chi connectivity index (χ1n) is 10.8. The van der Waals surface area contributed by atoms with Crippen molar-refractivity contribution in [1.29, 1.82) is 0 Å². The number of sulfonamides is 1. The van der Waals surface area contributed by atoms with E-state index >= 15 is 0 Å². The van der Waals surface area contributed by atoms with Gasteiger partial charge in [-0.15, -0.1) is 0 Å². The van der Waals surface area contributed by atoms with Gasteiger partial charge < -0.3 is 14.8 Å². The second kappa shape index (κ2) is 10.8. The zero-order chi connectivity index (χ0) is 23.1. The van der Waals surface area contributed by atoms with Gasteiger partial charge in [0.05, 0.1) is 18.1 Å². The number of hydrogen-bond acceptors (Lipinski definition) is 5. The highest BCUT2D eigenvalue weighted by atomic mass is 32.2. The number of piperidine rings is 1. The van der Waals surface area contributed by atoms with Crippen LogP contribution in [-0.4, -0.2) is 44.9 Å². The van der Waals surface area contributed by atoms with E-state index in [9.17, 15) is 17.6 Å². The molecule has 1 fully saturated rings. The van der Waals surface area contributed by atoms with E-state index in [4.69, 9.17) is 9.47 Å². The average Bonchev–Trinajstić information content (AvgIpc) is 2.79. The number of amides is 1. The van der Waals surface area contributed by atoms with E-state index in [0.29, 0.717) is 44.1 Å². The lowest BCUT2D eigenvalue weighted by Gasteiger charge is -2.30. The Balaban J connectivity index is 1.54. The van der Waals surface area contributed by atoms with Crippen LogP contribution < -0.4 is 14.8 Å². The summed E-state index contributed by atoms with van der Waals surface area (Å²) in [6.07, 6.45) is 0.861. The summed E-state index contributed by atoms with van der Waals surface area (Å²) < 4.78 is 51.1. The highest BCUT2D eigenvalue weighted by Gasteiger charge is 2.32. The van der Waals surface area contributed by atoms with Gasteiger partial charge in [0, 0.05) is 25.6 Å². The fraction of sp³-hybridized carbons (Fsp3) is 0.435. The molecule has 1 amide bonds.